The van der Waals surface area contributed by atoms with Crippen LogP contribution in [0.5, 0.6) is 5.75 Å². The molecule has 1 aromatic heterocycles. The number of benzene rings is 2. The molecule has 0 atom stereocenters. The van der Waals surface area contributed by atoms with Crippen molar-refractivity contribution in [3.8, 4) is 5.75 Å². The number of hydrogen-bond donors (Lipinski definition) is 1. The van der Waals surface area contributed by atoms with E-state index in [1.54, 1.807) is 0 Å². The van der Waals surface area contributed by atoms with Gasteiger partial charge in [-0.15, -0.1) is 0 Å². The molecule has 0 fully saturated rings. The van der Waals surface area contributed by atoms with Crippen LogP contribution in [0, 0.1) is 3.57 Å². The smallest absolute Gasteiger partial charge is 0.220 e. The minimum atomic E-state index is 0.280. The molecule has 0 spiro atoms. The van der Waals surface area contributed by atoms with E-state index < -0.39 is 0 Å². The number of aromatic nitrogens is 1. The number of hydrogen-bond acceptors (Lipinski definition) is 6. The zero-order valence-electron chi connectivity index (χ0n) is 14.6. The highest BCUT2D eigenvalue weighted by Crippen LogP contribution is 2.44. The third kappa shape index (κ3) is 3.13. The van der Waals surface area contributed by atoms with E-state index >= 15 is 0 Å². The van der Waals surface area contributed by atoms with Gasteiger partial charge in [-0.25, -0.2) is 4.98 Å². The second-order valence-corrected chi connectivity index (χ2v) is 9.11. The van der Waals surface area contributed by atoms with E-state index in [1.807, 2.05) is 18.2 Å². The number of thiazole rings is 1. The van der Waals surface area contributed by atoms with Crippen LogP contribution in [0.15, 0.2) is 34.3 Å². The number of aromatic hydroxyl groups is 1. The van der Waals surface area contributed by atoms with E-state index in [1.165, 1.54) is 26.2 Å². The van der Waals surface area contributed by atoms with Gasteiger partial charge in [-0.1, -0.05) is 11.3 Å². The SMILES string of the molecule is Oc1c(N=C=Nc2nc3ccc(I)cc3s2)cc2c3c1CCCN3CCC2. The molecule has 5 nitrogen and oxygen atoms in total. The Morgan fingerprint density at radius 3 is 2.89 bits per heavy atom. The van der Waals surface area contributed by atoms with Gasteiger partial charge in [-0.3, -0.25) is 0 Å². The molecule has 0 saturated heterocycles. The molecule has 5 rings (SSSR count). The van der Waals surface area contributed by atoms with Crippen molar-refractivity contribution in [1.82, 2.24) is 4.98 Å². The molecule has 0 unspecified atom stereocenters. The fourth-order valence-electron chi connectivity index (χ4n) is 3.97. The number of anilines is 1. The predicted octanol–water partition coefficient (Wildman–Crippen LogP) is 5.44. The molecule has 136 valence electrons. The molecule has 3 heterocycles. The molecule has 0 aliphatic carbocycles. The summed E-state index contributed by atoms with van der Waals surface area (Å²) in [4.78, 5) is 15.5. The Morgan fingerprint density at radius 1 is 1.15 bits per heavy atom. The molecule has 0 radical (unpaired) electrons. The highest BCUT2D eigenvalue weighted by molar-refractivity contribution is 14.1. The highest BCUT2D eigenvalue weighted by Gasteiger charge is 2.27. The van der Waals surface area contributed by atoms with Crippen molar-refractivity contribution in [3.05, 3.63) is 39.0 Å². The number of phenolic OH excluding ortho intramolecular Hbond substituents is 1. The monoisotopic (exact) mass is 488 g/mol. The van der Waals surface area contributed by atoms with Crippen molar-refractivity contribution in [3.63, 3.8) is 0 Å². The Morgan fingerprint density at radius 2 is 2.00 bits per heavy atom. The standard InChI is InChI=1S/C20H17IN4OS/c21-13-5-6-15-17(10-13)27-20(24-15)23-11-22-16-9-12-3-1-7-25-8-2-4-14(18(12)25)19(16)26/h5-6,9-10,26H,1-4,7-8H2. The number of phenols is 1. The minimum Gasteiger partial charge on any atom is -0.505 e. The molecular weight excluding hydrogens is 471 g/mol. The second kappa shape index (κ2) is 6.89. The highest BCUT2D eigenvalue weighted by atomic mass is 127. The van der Waals surface area contributed by atoms with Crippen molar-refractivity contribution in [1.29, 1.82) is 0 Å². The quantitative estimate of drug-likeness (QED) is 0.386. The fraction of sp³-hybridized carbons (Fsp3) is 0.300. The minimum absolute atomic E-state index is 0.280. The largest absolute Gasteiger partial charge is 0.505 e. The summed E-state index contributed by atoms with van der Waals surface area (Å²) in [5.41, 5.74) is 5.05. The Kier molecular flexibility index (Phi) is 4.38. The molecular formula is C20H17IN4OS. The maximum atomic E-state index is 10.7. The van der Waals surface area contributed by atoms with Crippen molar-refractivity contribution >= 4 is 66.7 Å². The summed E-state index contributed by atoms with van der Waals surface area (Å²) < 4.78 is 2.28. The van der Waals surface area contributed by atoms with Crippen LogP contribution in [0.2, 0.25) is 0 Å². The maximum Gasteiger partial charge on any atom is 0.220 e. The molecule has 7 heteroatoms. The summed E-state index contributed by atoms with van der Waals surface area (Å²) in [6, 6.07) is 10.9. The number of aryl methyl sites for hydroxylation is 1. The second-order valence-electron chi connectivity index (χ2n) is 6.86. The molecule has 2 aliphatic heterocycles. The number of rotatable bonds is 2. The van der Waals surface area contributed by atoms with Crippen LogP contribution in [0.4, 0.5) is 16.5 Å². The molecule has 2 aliphatic rings. The molecule has 0 amide bonds. The van der Waals surface area contributed by atoms with E-state index in [-0.39, 0.29) is 5.75 Å². The normalized spacial score (nSPS) is 15.4. The molecule has 0 bridgehead atoms. The van der Waals surface area contributed by atoms with Gasteiger partial charge in [-0.05, 0) is 78.1 Å². The van der Waals surface area contributed by atoms with Crippen LogP contribution in [-0.2, 0) is 12.8 Å². The third-order valence-electron chi connectivity index (χ3n) is 5.13. The first-order chi connectivity index (χ1) is 13.2. The Hall–Kier alpha value is -1.96. The lowest BCUT2D eigenvalue weighted by atomic mass is 9.90. The van der Waals surface area contributed by atoms with Crippen LogP contribution < -0.4 is 4.90 Å². The lowest BCUT2D eigenvalue weighted by molar-refractivity contribution is 0.464. The Labute approximate surface area is 174 Å². The summed E-state index contributed by atoms with van der Waals surface area (Å²) in [7, 11) is 0. The van der Waals surface area contributed by atoms with Gasteiger partial charge in [-0.2, -0.15) is 9.98 Å². The van der Waals surface area contributed by atoms with Crippen LogP contribution in [0.1, 0.15) is 24.0 Å². The van der Waals surface area contributed by atoms with Crippen LogP contribution in [-0.4, -0.2) is 29.2 Å². The van der Waals surface area contributed by atoms with Crippen molar-refractivity contribution in [2.24, 2.45) is 9.98 Å². The molecule has 3 aromatic rings. The van der Waals surface area contributed by atoms with Crippen molar-refractivity contribution < 1.29 is 5.11 Å². The van der Waals surface area contributed by atoms with E-state index in [9.17, 15) is 5.11 Å². The average molecular weight is 488 g/mol. The van der Waals surface area contributed by atoms with Gasteiger partial charge in [0.1, 0.15) is 17.4 Å². The summed E-state index contributed by atoms with van der Waals surface area (Å²) in [6.07, 6.45) is 4.17. The summed E-state index contributed by atoms with van der Waals surface area (Å²) in [5.74, 6) is 0.280. The lowest BCUT2D eigenvalue weighted by Crippen LogP contribution is -2.34. The number of fused-ring (bicyclic) bond motifs is 1. The summed E-state index contributed by atoms with van der Waals surface area (Å²) in [6.45, 7) is 2.17. The van der Waals surface area contributed by atoms with Gasteiger partial charge >= 0.3 is 0 Å². The Balaban J connectivity index is 1.52. The first kappa shape index (κ1) is 17.2. The number of nitrogens with zero attached hydrogens (tertiary/aromatic N) is 4. The van der Waals surface area contributed by atoms with Gasteiger partial charge in [0.15, 0.2) is 0 Å². The van der Waals surface area contributed by atoms with E-state index in [0.717, 1.165) is 54.6 Å². The lowest BCUT2D eigenvalue weighted by Gasteiger charge is -2.37. The number of aliphatic imine (C=N–C) groups is 2. The molecule has 0 saturated carbocycles. The van der Waals surface area contributed by atoms with E-state index in [2.05, 4.69) is 54.5 Å². The first-order valence-corrected chi connectivity index (χ1v) is 10.9. The summed E-state index contributed by atoms with van der Waals surface area (Å²) >= 11 is 3.81. The first-order valence-electron chi connectivity index (χ1n) is 9.04. The zero-order valence-corrected chi connectivity index (χ0v) is 17.5. The van der Waals surface area contributed by atoms with Crippen molar-refractivity contribution in [2.45, 2.75) is 25.7 Å². The maximum absolute atomic E-state index is 10.7. The molecule has 1 N–H and O–H groups in total. The van der Waals surface area contributed by atoms with Gasteiger partial charge in [0.05, 0.1) is 10.2 Å². The Bertz CT molecular complexity index is 1110. The van der Waals surface area contributed by atoms with Crippen LogP contribution in [0.25, 0.3) is 10.2 Å². The average Bonchev–Trinajstić information content (AvgIpc) is 3.07. The molecule has 27 heavy (non-hydrogen) atoms. The van der Waals surface area contributed by atoms with Gasteiger partial charge in [0.2, 0.25) is 5.13 Å². The van der Waals surface area contributed by atoms with E-state index in [0.29, 0.717) is 10.8 Å². The van der Waals surface area contributed by atoms with Crippen LogP contribution >= 0.6 is 33.9 Å². The van der Waals surface area contributed by atoms with Gasteiger partial charge in [0, 0.05) is 27.9 Å². The molecule has 2 aromatic carbocycles. The number of halogens is 1. The van der Waals surface area contributed by atoms with Gasteiger partial charge < -0.3 is 10.0 Å². The van der Waals surface area contributed by atoms with Crippen LogP contribution in [0.3, 0.4) is 0 Å². The zero-order chi connectivity index (χ0) is 18.4. The summed E-state index contributed by atoms with van der Waals surface area (Å²) in [5, 5.41) is 11.3. The van der Waals surface area contributed by atoms with E-state index in [4.69, 9.17) is 0 Å². The predicted molar refractivity (Wildman–Crippen MR) is 118 cm³/mol. The third-order valence-corrected chi connectivity index (χ3v) is 6.71. The van der Waals surface area contributed by atoms with Crippen molar-refractivity contribution in [2.75, 3.05) is 18.0 Å². The van der Waals surface area contributed by atoms with Gasteiger partial charge in [0.25, 0.3) is 0 Å². The topological polar surface area (TPSA) is 61.1 Å². The fourth-order valence-corrected chi connectivity index (χ4v) is 5.50.